The van der Waals surface area contributed by atoms with Gasteiger partial charge in [-0.05, 0) is 49.2 Å². The first-order valence-corrected chi connectivity index (χ1v) is 10.9. The number of halogens is 2. The van der Waals surface area contributed by atoms with Crippen molar-refractivity contribution in [2.24, 2.45) is 0 Å². The zero-order chi connectivity index (χ0) is 22.1. The maximum Gasteiger partial charge on any atom is 0.246 e. The molecule has 2 saturated heterocycles. The normalized spacial score (nSPS) is 17.8. The highest BCUT2D eigenvalue weighted by Crippen LogP contribution is 2.29. The fourth-order valence-corrected chi connectivity index (χ4v) is 4.25. The zero-order valence-corrected chi connectivity index (χ0v) is 18.0. The number of aromatic nitrogens is 3. The lowest BCUT2D eigenvalue weighted by Gasteiger charge is -2.46. The summed E-state index contributed by atoms with van der Waals surface area (Å²) in [6, 6.07) is 10.5. The molecule has 5 rings (SSSR count). The Kier molecular flexibility index (Phi) is 5.75. The quantitative estimate of drug-likeness (QED) is 0.650. The molecule has 0 atom stereocenters. The first-order valence-electron chi connectivity index (χ1n) is 10.9. The molecule has 0 aliphatic carbocycles. The number of nitrogens with one attached hydrogen (secondary N) is 1. The van der Waals surface area contributed by atoms with Crippen LogP contribution in [-0.2, 0) is 4.74 Å². The molecule has 0 amide bonds. The van der Waals surface area contributed by atoms with Gasteiger partial charge in [0.2, 0.25) is 5.95 Å². The highest BCUT2D eigenvalue weighted by molar-refractivity contribution is 5.65. The van der Waals surface area contributed by atoms with Crippen LogP contribution in [0, 0.1) is 18.6 Å². The van der Waals surface area contributed by atoms with E-state index in [1.54, 1.807) is 0 Å². The van der Waals surface area contributed by atoms with Crippen LogP contribution in [0.15, 0.2) is 42.7 Å². The van der Waals surface area contributed by atoms with Gasteiger partial charge in [0.1, 0.15) is 6.33 Å². The summed E-state index contributed by atoms with van der Waals surface area (Å²) >= 11 is 0. The molecular formula is C23H28F2N6O. The number of benzene rings is 2. The van der Waals surface area contributed by atoms with E-state index in [2.05, 4.69) is 44.3 Å². The van der Waals surface area contributed by atoms with Crippen molar-refractivity contribution >= 4 is 17.3 Å². The van der Waals surface area contributed by atoms with Gasteiger partial charge < -0.3 is 15.0 Å². The average molecular weight is 443 g/mol. The van der Waals surface area contributed by atoms with Crippen molar-refractivity contribution in [3.05, 3.63) is 59.9 Å². The SMILES string of the molecule is Cc1cc(Nc2ncn(-c3ccc(F)c(F)c3)n2)cc(N2CC(N3CCCOCC3)C2)c1.[HH]. The molecule has 3 heterocycles. The van der Waals surface area contributed by atoms with Crippen LogP contribution >= 0.6 is 0 Å². The standard InChI is InChI=1S/C23H26F2N6O.H2/c1-16-9-17(27-23-26-15-31(28-23)18-3-4-21(24)22(25)12-18)11-19(10-16)30-13-20(14-30)29-5-2-7-32-8-6-29;/h3-4,9-12,15,20H,2,5-8,13-14H2,1H3,(H,27,28);1H. The Hall–Kier alpha value is -3.04. The van der Waals surface area contributed by atoms with Gasteiger partial charge in [0.25, 0.3) is 0 Å². The van der Waals surface area contributed by atoms with E-state index in [4.69, 9.17) is 4.74 Å². The van der Waals surface area contributed by atoms with Gasteiger partial charge in [0, 0.05) is 57.7 Å². The van der Waals surface area contributed by atoms with E-state index in [1.807, 2.05) is 6.07 Å². The predicted octanol–water partition coefficient (Wildman–Crippen LogP) is 3.75. The summed E-state index contributed by atoms with van der Waals surface area (Å²) in [4.78, 5) is 9.16. The van der Waals surface area contributed by atoms with Gasteiger partial charge >= 0.3 is 0 Å². The van der Waals surface area contributed by atoms with E-state index in [0.29, 0.717) is 17.7 Å². The van der Waals surface area contributed by atoms with E-state index in [-0.39, 0.29) is 1.43 Å². The van der Waals surface area contributed by atoms with Crippen molar-refractivity contribution in [3.8, 4) is 5.69 Å². The topological polar surface area (TPSA) is 58.5 Å². The summed E-state index contributed by atoms with van der Waals surface area (Å²) in [7, 11) is 0. The minimum Gasteiger partial charge on any atom is -0.380 e. The summed E-state index contributed by atoms with van der Waals surface area (Å²) < 4.78 is 33.7. The van der Waals surface area contributed by atoms with Crippen molar-refractivity contribution in [2.45, 2.75) is 19.4 Å². The van der Waals surface area contributed by atoms with Gasteiger partial charge in [-0.25, -0.2) is 13.5 Å². The molecule has 2 fully saturated rings. The highest BCUT2D eigenvalue weighted by atomic mass is 19.2. The van der Waals surface area contributed by atoms with Gasteiger partial charge in [0.15, 0.2) is 11.6 Å². The Labute approximate surface area is 187 Å². The molecule has 0 saturated carbocycles. The first-order chi connectivity index (χ1) is 15.5. The van der Waals surface area contributed by atoms with Gasteiger partial charge in [-0.15, -0.1) is 5.10 Å². The van der Waals surface area contributed by atoms with Crippen LogP contribution in [0.4, 0.5) is 26.1 Å². The van der Waals surface area contributed by atoms with Crippen LogP contribution in [0.1, 0.15) is 13.4 Å². The molecule has 3 aromatic rings. The number of nitrogens with zero attached hydrogens (tertiary/aromatic N) is 5. The third-order valence-corrected chi connectivity index (χ3v) is 5.98. The number of anilines is 3. The van der Waals surface area contributed by atoms with E-state index in [1.165, 1.54) is 17.1 Å². The first kappa shape index (κ1) is 20.8. The summed E-state index contributed by atoms with van der Waals surface area (Å²) in [5.41, 5.74) is 3.58. The van der Waals surface area contributed by atoms with Crippen LogP contribution in [-0.4, -0.2) is 65.1 Å². The molecule has 0 bridgehead atoms. The Morgan fingerprint density at radius 3 is 2.75 bits per heavy atom. The van der Waals surface area contributed by atoms with Crippen LogP contribution in [0.5, 0.6) is 0 Å². The van der Waals surface area contributed by atoms with Gasteiger partial charge in [-0.1, -0.05) is 0 Å². The third kappa shape index (κ3) is 4.44. The van der Waals surface area contributed by atoms with Crippen molar-refractivity contribution in [1.29, 1.82) is 0 Å². The number of hydrogen-bond donors (Lipinski definition) is 1. The van der Waals surface area contributed by atoms with E-state index in [0.717, 1.165) is 74.9 Å². The Morgan fingerprint density at radius 2 is 1.91 bits per heavy atom. The van der Waals surface area contributed by atoms with Crippen molar-refractivity contribution in [1.82, 2.24) is 19.7 Å². The second-order valence-corrected chi connectivity index (χ2v) is 8.35. The number of rotatable bonds is 5. The predicted molar refractivity (Wildman–Crippen MR) is 121 cm³/mol. The molecule has 2 aromatic carbocycles. The van der Waals surface area contributed by atoms with Crippen molar-refractivity contribution in [2.75, 3.05) is 49.6 Å². The minimum atomic E-state index is -0.920. The molecule has 2 aliphatic rings. The van der Waals surface area contributed by atoms with Crippen LogP contribution in [0.2, 0.25) is 0 Å². The average Bonchev–Trinajstić information content (AvgIpc) is 3.02. The highest BCUT2D eigenvalue weighted by Gasteiger charge is 2.32. The molecule has 170 valence electrons. The number of ether oxygens (including phenoxy) is 1. The minimum absolute atomic E-state index is 0. The van der Waals surface area contributed by atoms with Gasteiger partial charge in [0.05, 0.1) is 12.3 Å². The molecule has 7 nitrogen and oxygen atoms in total. The van der Waals surface area contributed by atoms with E-state index < -0.39 is 11.6 Å². The lowest BCUT2D eigenvalue weighted by molar-refractivity contribution is 0.124. The molecule has 9 heteroatoms. The van der Waals surface area contributed by atoms with Gasteiger partial charge in [-0.2, -0.15) is 4.98 Å². The summed E-state index contributed by atoms with van der Waals surface area (Å²) in [6.45, 7) is 7.86. The number of aryl methyl sites for hydroxylation is 1. The molecule has 2 aliphatic heterocycles. The summed E-state index contributed by atoms with van der Waals surface area (Å²) in [6.07, 6.45) is 2.57. The third-order valence-electron chi connectivity index (χ3n) is 5.98. The van der Waals surface area contributed by atoms with Crippen LogP contribution in [0.25, 0.3) is 5.69 Å². The Balaban J connectivity index is 0.00000259. The molecular weight excluding hydrogens is 414 g/mol. The second kappa shape index (κ2) is 8.84. The smallest absolute Gasteiger partial charge is 0.246 e. The molecule has 0 unspecified atom stereocenters. The Bertz CT molecular complexity index is 1100. The Morgan fingerprint density at radius 1 is 1.03 bits per heavy atom. The molecule has 1 N–H and O–H groups in total. The molecule has 0 radical (unpaired) electrons. The summed E-state index contributed by atoms with van der Waals surface area (Å²) in [5, 5.41) is 7.56. The number of hydrogen-bond acceptors (Lipinski definition) is 6. The van der Waals surface area contributed by atoms with Gasteiger partial charge in [-0.3, -0.25) is 4.90 Å². The van der Waals surface area contributed by atoms with Crippen molar-refractivity contribution < 1.29 is 14.9 Å². The second-order valence-electron chi connectivity index (χ2n) is 8.35. The fourth-order valence-electron chi connectivity index (χ4n) is 4.25. The monoisotopic (exact) mass is 442 g/mol. The van der Waals surface area contributed by atoms with E-state index >= 15 is 0 Å². The maximum absolute atomic E-state index is 13.5. The lowest BCUT2D eigenvalue weighted by atomic mass is 10.0. The van der Waals surface area contributed by atoms with Crippen LogP contribution in [0.3, 0.4) is 0 Å². The van der Waals surface area contributed by atoms with Crippen molar-refractivity contribution in [3.63, 3.8) is 0 Å². The van der Waals surface area contributed by atoms with Crippen LogP contribution < -0.4 is 10.2 Å². The summed E-state index contributed by atoms with van der Waals surface area (Å²) in [5.74, 6) is -1.43. The maximum atomic E-state index is 13.5. The fraction of sp³-hybridized carbons (Fsp3) is 0.391. The largest absolute Gasteiger partial charge is 0.380 e. The zero-order valence-electron chi connectivity index (χ0n) is 18.0. The molecule has 1 aromatic heterocycles. The lowest BCUT2D eigenvalue weighted by Crippen LogP contribution is -2.60. The van der Waals surface area contributed by atoms with E-state index in [9.17, 15) is 8.78 Å². The molecule has 32 heavy (non-hydrogen) atoms. The molecule has 0 spiro atoms.